The van der Waals surface area contributed by atoms with Crippen LogP contribution in [0.2, 0.25) is 0 Å². The number of nitrogens with one attached hydrogen (secondary N) is 2. The average molecular weight is 341 g/mol. The zero-order valence-corrected chi connectivity index (χ0v) is 14.0. The van der Waals surface area contributed by atoms with Crippen molar-refractivity contribution in [3.05, 3.63) is 65.5 Å². The molecule has 1 heterocycles. The van der Waals surface area contributed by atoms with E-state index in [2.05, 4.69) is 10.6 Å². The molecule has 0 radical (unpaired) electrons. The lowest BCUT2D eigenvalue weighted by Crippen LogP contribution is -2.43. The number of hydrogen-bond acceptors (Lipinski definition) is 2. The molecule has 0 aromatic heterocycles. The zero-order chi connectivity index (χ0) is 17.8. The van der Waals surface area contributed by atoms with Crippen LogP contribution in [-0.4, -0.2) is 29.4 Å². The van der Waals surface area contributed by atoms with E-state index in [1.54, 1.807) is 24.0 Å². The van der Waals surface area contributed by atoms with E-state index in [1.165, 1.54) is 6.07 Å². The molecule has 0 aliphatic carbocycles. The maximum atomic E-state index is 13.9. The van der Waals surface area contributed by atoms with Crippen LogP contribution in [0.15, 0.2) is 48.5 Å². The Kier molecular flexibility index (Phi) is 4.97. The van der Waals surface area contributed by atoms with Gasteiger partial charge in [-0.2, -0.15) is 0 Å². The Bertz CT molecular complexity index is 779. The quantitative estimate of drug-likeness (QED) is 0.898. The molecule has 2 aromatic rings. The summed E-state index contributed by atoms with van der Waals surface area (Å²) in [6.07, 6.45) is 0.537. The van der Waals surface area contributed by atoms with Crippen LogP contribution in [-0.2, 0) is 11.3 Å². The molecule has 0 saturated carbocycles. The maximum Gasteiger partial charge on any atom is 0.319 e. The second-order valence-electron chi connectivity index (χ2n) is 6.12. The van der Waals surface area contributed by atoms with Gasteiger partial charge in [0.1, 0.15) is 11.9 Å². The summed E-state index contributed by atoms with van der Waals surface area (Å²) < 4.78 is 13.9. The first-order valence-electron chi connectivity index (χ1n) is 8.20. The van der Waals surface area contributed by atoms with Crippen molar-refractivity contribution >= 4 is 17.6 Å². The Morgan fingerprint density at radius 3 is 2.72 bits per heavy atom. The number of amides is 3. The van der Waals surface area contributed by atoms with Crippen LogP contribution in [0.4, 0.5) is 14.9 Å². The van der Waals surface area contributed by atoms with Crippen LogP contribution >= 0.6 is 0 Å². The fourth-order valence-corrected chi connectivity index (χ4v) is 2.89. The van der Waals surface area contributed by atoms with E-state index < -0.39 is 17.9 Å². The highest BCUT2D eigenvalue weighted by Gasteiger charge is 2.32. The van der Waals surface area contributed by atoms with Crippen LogP contribution in [0.3, 0.4) is 0 Å². The minimum absolute atomic E-state index is 0.101. The SMILES string of the molecule is Cc1cccc(NC(=O)N[C@H]2CCN(Cc3ccccc3)C2=O)c1F. The van der Waals surface area contributed by atoms with Crippen LogP contribution in [0.1, 0.15) is 17.5 Å². The highest BCUT2D eigenvalue weighted by atomic mass is 19.1. The topological polar surface area (TPSA) is 61.4 Å². The van der Waals surface area contributed by atoms with Gasteiger partial charge in [-0.15, -0.1) is 0 Å². The van der Waals surface area contributed by atoms with Gasteiger partial charge < -0.3 is 15.5 Å². The summed E-state index contributed by atoms with van der Waals surface area (Å²) in [7, 11) is 0. The lowest BCUT2D eigenvalue weighted by molar-refractivity contribution is -0.129. The van der Waals surface area contributed by atoms with E-state index in [0.717, 1.165) is 5.56 Å². The van der Waals surface area contributed by atoms with Gasteiger partial charge in [0, 0.05) is 13.1 Å². The third-order valence-corrected chi connectivity index (χ3v) is 4.26. The zero-order valence-electron chi connectivity index (χ0n) is 14.0. The summed E-state index contributed by atoms with van der Waals surface area (Å²) in [5, 5.41) is 5.10. The van der Waals surface area contributed by atoms with Crippen molar-refractivity contribution in [1.29, 1.82) is 0 Å². The van der Waals surface area contributed by atoms with Gasteiger partial charge in [-0.05, 0) is 30.5 Å². The van der Waals surface area contributed by atoms with Gasteiger partial charge in [-0.25, -0.2) is 9.18 Å². The fourth-order valence-electron chi connectivity index (χ4n) is 2.89. The minimum atomic E-state index is -0.586. The van der Waals surface area contributed by atoms with Gasteiger partial charge in [0.2, 0.25) is 5.91 Å². The Hall–Kier alpha value is -2.89. The van der Waals surface area contributed by atoms with Crippen molar-refractivity contribution in [3.63, 3.8) is 0 Å². The van der Waals surface area contributed by atoms with Crippen LogP contribution in [0.25, 0.3) is 0 Å². The summed E-state index contributed by atoms with van der Waals surface area (Å²) in [6.45, 7) is 2.73. The molecule has 6 heteroatoms. The molecule has 130 valence electrons. The third kappa shape index (κ3) is 3.96. The fraction of sp³-hybridized carbons (Fsp3) is 0.263. The molecule has 1 aliphatic rings. The number of carbonyl (C=O) groups excluding carboxylic acids is 2. The van der Waals surface area contributed by atoms with E-state index in [4.69, 9.17) is 0 Å². The molecule has 1 saturated heterocycles. The summed E-state index contributed by atoms with van der Waals surface area (Å²) in [5.74, 6) is -0.593. The first-order valence-corrected chi connectivity index (χ1v) is 8.20. The van der Waals surface area contributed by atoms with E-state index >= 15 is 0 Å². The van der Waals surface area contributed by atoms with Gasteiger partial charge in [0.15, 0.2) is 0 Å². The molecule has 2 N–H and O–H groups in total. The van der Waals surface area contributed by atoms with E-state index in [-0.39, 0.29) is 11.6 Å². The predicted molar refractivity (Wildman–Crippen MR) is 93.6 cm³/mol. The summed E-state index contributed by atoms with van der Waals surface area (Å²) >= 11 is 0. The number of likely N-dealkylation sites (tertiary alicyclic amines) is 1. The molecule has 1 aliphatic heterocycles. The average Bonchev–Trinajstić information content (AvgIpc) is 2.93. The number of hydrogen-bond donors (Lipinski definition) is 2. The standard InChI is InChI=1S/C19H20FN3O2/c1-13-6-5-9-15(17(13)20)21-19(25)22-16-10-11-23(18(16)24)12-14-7-3-2-4-8-14/h2-9,16H,10-12H2,1H3,(H2,21,22,25)/t16-/m0/s1. The Labute approximate surface area is 145 Å². The molecular formula is C19H20FN3O2. The van der Waals surface area contributed by atoms with Crippen molar-refractivity contribution in [2.45, 2.75) is 25.9 Å². The van der Waals surface area contributed by atoms with Crippen molar-refractivity contribution in [1.82, 2.24) is 10.2 Å². The number of carbonyl (C=O) groups is 2. The smallest absolute Gasteiger partial charge is 0.319 e. The highest BCUT2D eigenvalue weighted by Crippen LogP contribution is 2.18. The lowest BCUT2D eigenvalue weighted by atomic mass is 10.2. The van der Waals surface area contributed by atoms with E-state index in [9.17, 15) is 14.0 Å². The van der Waals surface area contributed by atoms with Crippen molar-refractivity contribution in [3.8, 4) is 0 Å². The van der Waals surface area contributed by atoms with Gasteiger partial charge in [-0.1, -0.05) is 42.5 Å². The van der Waals surface area contributed by atoms with Gasteiger partial charge in [0.05, 0.1) is 5.69 Å². The Morgan fingerprint density at radius 2 is 1.96 bits per heavy atom. The molecule has 5 nitrogen and oxygen atoms in total. The number of anilines is 1. The van der Waals surface area contributed by atoms with Crippen molar-refractivity contribution in [2.24, 2.45) is 0 Å². The molecule has 25 heavy (non-hydrogen) atoms. The number of halogens is 1. The minimum Gasteiger partial charge on any atom is -0.336 e. The second kappa shape index (κ2) is 7.34. The Balaban J connectivity index is 1.57. The van der Waals surface area contributed by atoms with Gasteiger partial charge >= 0.3 is 6.03 Å². The normalized spacial score (nSPS) is 16.8. The number of urea groups is 1. The lowest BCUT2D eigenvalue weighted by Gasteiger charge is -2.17. The number of benzene rings is 2. The molecule has 3 amide bonds. The van der Waals surface area contributed by atoms with E-state index in [0.29, 0.717) is 25.1 Å². The van der Waals surface area contributed by atoms with Crippen LogP contribution in [0, 0.1) is 12.7 Å². The molecule has 1 atom stereocenters. The maximum absolute atomic E-state index is 13.9. The molecule has 0 bridgehead atoms. The monoisotopic (exact) mass is 341 g/mol. The number of nitrogens with zero attached hydrogens (tertiary/aromatic N) is 1. The van der Waals surface area contributed by atoms with Gasteiger partial charge in [0.25, 0.3) is 0 Å². The van der Waals surface area contributed by atoms with Crippen LogP contribution < -0.4 is 10.6 Å². The van der Waals surface area contributed by atoms with E-state index in [1.807, 2.05) is 30.3 Å². The molecule has 2 aromatic carbocycles. The second-order valence-corrected chi connectivity index (χ2v) is 6.12. The Morgan fingerprint density at radius 1 is 1.20 bits per heavy atom. The van der Waals surface area contributed by atoms with Crippen molar-refractivity contribution < 1.29 is 14.0 Å². The third-order valence-electron chi connectivity index (χ3n) is 4.26. The van der Waals surface area contributed by atoms with Crippen LogP contribution in [0.5, 0.6) is 0 Å². The first-order chi connectivity index (χ1) is 12.0. The first kappa shape index (κ1) is 17.0. The summed E-state index contributed by atoms with van der Waals surface area (Å²) in [6, 6.07) is 13.3. The summed E-state index contributed by atoms with van der Waals surface area (Å²) in [5.41, 5.74) is 1.59. The largest absolute Gasteiger partial charge is 0.336 e. The van der Waals surface area contributed by atoms with Gasteiger partial charge in [-0.3, -0.25) is 4.79 Å². The number of aryl methyl sites for hydroxylation is 1. The predicted octanol–water partition coefficient (Wildman–Crippen LogP) is 3.06. The summed E-state index contributed by atoms with van der Waals surface area (Å²) in [4.78, 5) is 26.2. The molecule has 1 fully saturated rings. The number of rotatable bonds is 4. The molecule has 3 rings (SSSR count). The molecular weight excluding hydrogens is 321 g/mol. The molecule has 0 spiro atoms. The molecule has 0 unspecified atom stereocenters. The van der Waals surface area contributed by atoms with Crippen molar-refractivity contribution in [2.75, 3.05) is 11.9 Å². The highest BCUT2D eigenvalue weighted by molar-refractivity contribution is 5.94.